The number of benzene rings is 3. The van der Waals surface area contributed by atoms with Crippen LogP contribution in [0.1, 0.15) is 0 Å². The van der Waals surface area contributed by atoms with Gasteiger partial charge in [0.2, 0.25) is 0 Å². The van der Waals surface area contributed by atoms with Crippen LogP contribution in [-0.4, -0.2) is 24.1 Å². The number of hydrogen-bond donors (Lipinski definition) is 0. The van der Waals surface area contributed by atoms with Crippen LogP contribution >= 0.6 is 0 Å². The molecule has 0 amide bonds. The SMILES string of the molecule is CN(C)c1ccc2c(-c3cccc4c3oc3ccccc34)ncnc2c1. The maximum atomic E-state index is 6.18. The Morgan fingerprint density at radius 1 is 0.808 bits per heavy atom. The van der Waals surface area contributed by atoms with E-state index >= 15 is 0 Å². The number of hydrogen-bond acceptors (Lipinski definition) is 4. The van der Waals surface area contributed by atoms with Gasteiger partial charge in [0.15, 0.2) is 0 Å². The second-order valence-corrected chi connectivity index (χ2v) is 6.60. The zero-order valence-electron chi connectivity index (χ0n) is 14.6. The lowest BCUT2D eigenvalue weighted by Gasteiger charge is -2.13. The Morgan fingerprint density at radius 2 is 1.65 bits per heavy atom. The highest BCUT2D eigenvalue weighted by Gasteiger charge is 2.15. The summed E-state index contributed by atoms with van der Waals surface area (Å²) < 4.78 is 6.18. The van der Waals surface area contributed by atoms with Gasteiger partial charge in [0.05, 0.1) is 11.2 Å². The van der Waals surface area contributed by atoms with Crippen LogP contribution in [0, 0.1) is 0 Å². The van der Waals surface area contributed by atoms with Crippen LogP contribution in [0.25, 0.3) is 44.1 Å². The quantitative estimate of drug-likeness (QED) is 0.440. The smallest absolute Gasteiger partial charge is 0.144 e. The van der Waals surface area contributed by atoms with Crippen LogP contribution in [0.5, 0.6) is 0 Å². The molecule has 2 aromatic heterocycles. The number of furan rings is 1. The van der Waals surface area contributed by atoms with E-state index in [9.17, 15) is 0 Å². The molecule has 0 aliphatic heterocycles. The summed E-state index contributed by atoms with van der Waals surface area (Å²) in [4.78, 5) is 11.1. The summed E-state index contributed by atoms with van der Waals surface area (Å²) >= 11 is 0. The van der Waals surface area contributed by atoms with E-state index in [0.29, 0.717) is 0 Å². The third kappa shape index (κ3) is 2.15. The second-order valence-electron chi connectivity index (χ2n) is 6.60. The first kappa shape index (κ1) is 14.9. The topological polar surface area (TPSA) is 42.2 Å². The molecule has 4 heteroatoms. The summed E-state index contributed by atoms with van der Waals surface area (Å²) in [6.07, 6.45) is 1.62. The fourth-order valence-electron chi connectivity index (χ4n) is 3.47. The molecule has 0 fully saturated rings. The number of anilines is 1. The third-order valence-corrected chi connectivity index (χ3v) is 4.80. The lowest BCUT2D eigenvalue weighted by Crippen LogP contribution is -2.08. The van der Waals surface area contributed by atoms with Crippen molar-refractivity contribution in [3.05, 3.63) is 67.0 Å². The summed E-state index contributed by atoms with van der Waals surface area (Å²) in [7, 11) is 4.05. The standard InChI is InChI=1S/C22H17N3O/c1-25(2)14-10-11-17-19(12-14)23-13-24-21(17)18-8-5-7-16-15-6-3-4-9-20(15)26-22(16)18/h3-13H,1-2H3. The van der Waals surface area contributed by atoms with Crippen LogP contribution in [0.3, 0.4) is 0 Å². The Bertz CT molecular complexity index is 1270. The molecule has 0 aliphatic carbocycles. The first-order valence-electron chi connectivity index (χ1n) is 8.55. The molecule has 0 N–H and O–H groups in total. The van der Waals surface area contributed by atoms with Crippen molar-refractivity contribution in [3.8, 4) is 11.3 Å². The molecule has 0 aliphatic rings. The molecule has 4 nitrogen and oxygen atoms in total. The lowest BCUT2D eigenvalue weighted by molar-refractivity contribution is 0.670. The summed E-state index contributed by atoms with van der Waals surface area (Å²) in [5, 5.41) is 3.25. The number of para-hydroxylation sites is 2. The highest BCUT2D eigenvalue weighted by atomic mass is 16.3. The van der Waals surface area contributed by atoms with Gasteiger partial charge in [0, 0.05) is 41.5 Å². The van der Waals surface area contributed by atoms with Crippen LogP contribution in [0.4, 0.5) is 5.69 Å². The molecule has 5 aromatic rings. The maximum absolute atomic E-state index is 6.18. The third-order valence-electron chi connectivity index (χ3n) is 4.80. The van der Waals surface area contributed by atoms with Crippen molar-refractivity contribution >= 4 is 38.5 Å². The van der Waals surface area contributed by atoms with E-state index < -0.39 is 0 Å². The van der Waals surface area contributed by atoms with Crippen LogP contribution in [0.2, 0.25) is 0 Å². The summed E-state index contributed by atoms with van der Waals surface area (Å²) in [6, 6.07) is 20.6. The van der Waals surface area contributed by atoms with Crippen molar-refractivity contribution in [1.29, 1.82) is 0 Å². The summed E-state index contributed by atoms with van der Waals surface area (Å²) in [5.41, 5.74) is 5.68. The largest absolute Gasteiger partial charge is 0.455 e. The number of fused-ring (bicyclic) bond motifs is 4. The van der Waals surface area contributed by atoms with E-state index in [4.69, 9.17) is 4.42 Å². The molecule has 26 heavy (non-hydrogen) atoms. The molecule has 0 atom stereocenters. The van der Waals surface area contributed by atoms with E-state index in [0.717, 1.165) is 49.8 Å². The monoisotopic (exact) mass is 339 g/mol. The molecular weight excluding hydrogens is 322 g/mol. The molecule has 126 valence electrons. The molecule has 3 aromatic carbocycles. The van der Waals surface area contributed by atoms with E-state index in [1.54, 1.807) is 6.33 Å². The minimum atomic E-state index is 0.866. The fourth-order valence-corrected chi connectivity index (χ4v) is 3.47. The Hall–Kier alpha value is -3.40. The highest BCUT2D eigenvalue weighted by Crippen LogP contribution is 2.37. The van der Waals surface area contributed by atoms with Crippen molar-refractivity contribution in [2.45, 2.75) is 0 Å². The van der Waals surface area contributed by atoms with E-state index in [1.807, 2.05) is 32.3 Å². The highest BCUT2D eigenvalue weighted by molar-refractivity contribution is 6.11. The Balaban J connectivity index is 1.83. The molecule has 0 bridgehead atoms. The van der Waals surface area contributed by atoms with Crippen molar-refractivity contribution in [1.82, 2.24) is 9.97 Å². The summed E-state index contributed by atoms with van der Waals surface area (Å²) in [6.45, 7) is 0. The predicted octanol–water partition coefficient (Wildman–Crippen LogP) is 5.26. The molecule has 5 rings (SSSR count). The second kappa shape index (κ2) is 5.56. The molecule has 0 saturated carbocycles. The zero-order valence-corrected chi connectivity index (χ0v) is 14.6. The van der Waals surface area contributed by atoms with Gasteiger partial charge in [0.25, 0.3) is 0 Å². The molecule has 0 spiro atoms. The van der Waals surface area contributed by atoms with E-state index in [2.05, 4.69) is 57.3 Å². The van der Waals surface area contributed by atoms with Gasteiger partial charge in [-0.2, -0.15) is 0 Å². The minimum Gasteiger partial charge on any atom is -0.455 e. The molecule has 0 saturated heterocycles. The number of rotatable bonds is 2. The van der Waals surface area contributed by atoms with Crippen LogP contribution in [0.15, 0.2) is 71.4 Å². The van der Waals surface area contributed by atoms with Crippen molar-refractivity contribution < 1.29 is 4.42 Å². The van der Waals surface area contributed by atoms with Crippen LogP contribution < -0.4 is 4.90 Å². The van der Waals surface area contributed by atoms with Gasteiger partial charge in [-0.15, -0.1) is 0 Å². The number of aromatic nitrogens is 2. The van der Waals surface area contributed by atoms with Gasteiger partial charge >= 0.3 is 0 Å². The van der Waals surface area contributed by atoms with E-state index in [-0.39, 0.29) is 0 Å². The average molecular weight is 339 g/mol. The van der Waals surface area contributed by atoms with Crippen LogP contribution in [-0.2, 0) is 0 Å². The minimum absolute atomic E-state index is 0.866. The fraction of sp³-hybridized carbons (Fsp3) is 0.0909. The average Bonchev–Trinajstić information content (AvgIpc) is 3.06. The predicted molar refractivity (Wildman–Crippen MR) is 107 cm³/mol. The normalized spacial score (nSPS) is 11.5. The Kier molecular flexibility index (Phi) is 3.19. The molecule has 0 unspecified atom stereocenters. The maximum Gasteiger partial charge on any atom is 0.144 e. The van der Waals surface area contributed by atoms with Gasteiger partial charge in [-0.25, -0.2) is 9.97 Å². The Morgan fingerprint density at radius 3 is 2.54 bits per heavy atom. The van der Waals surface area contributed by atoms with Gasteiger partial charge in [-0.05, 0) is 30.3 Å². The molecule has 0 radical (unpaired) electrons. The van der Waals surface area contributed by atoms with Gasteiger partial charge in [-0.3, -0.25) is 0 Å². The first-order chi connectivity index (χ1) is 12.7. The zero-order chi connectivity index (χ0) is 17.7. The summed E-state index contributed by atoms with van der Waals surface area (Å²) in [5.74, 6) is 0. The molecular formula is C22H17N3O. The van der Waals surface area contributed by atoms with Gasteiger partial charge in [-0.1, -0.05) is 30.3 Å². The van der Waals surface area contributed by atoms with Gasteiger partial charge in [0.1, 0.15) is 17.5 Å². The van der Waals surface area contributed by atoms with Gasteiger partial charge < -0.3 is 9.32 Å². The Labute approximate surface area is 150 Å². The van der Waals surface area contributed by atoms with Crippen molar-refractivity contribution in [2.75, 3.05) is 19.0 Å². The number of nitrogens with zero attached hydrogens (tertiary/aromatic N) is 3. The van der Waals surface area contributed by atoms with E-state index in [1.165, 1.54) is 0 Å². The van der Waals surface area contributed by atoms with Crippen molar-refractivity contribution in [2.24, 2.45) is 0 Å². The molecule has 2 heterocycles. The lowest BCUT2D eigenvalue weighted by atomic mass is 10.0. The van der Waals surface area contributed by atoms with Crippen molar-refractivity contribution in [3.63, 3.8) is 0 Å². The first-order valence-corrected chi connectivity index (χ1v) is 8.55.